The minimum absolute atomic E-state index is 0.286. The fraction of sp³-hybridized carbons (Fsp3) is 0.400. The van der Waals surface area contributed by atoms with Gasteiger partial charge in [-0.05, 0) is 31.5 Å². The summed E-state index contributed by atoms with van der Waals surface area (Å²) < 4.78 is 13.1. The Balaban J connectivity index is 2.70. The van der Waals surface area contributed by atoms with Crippen molar-refractivity contribution in [3.63, 3.8) is 0 Å². The van der Waals surface area contributed by atoms with Crippen molar-refractivity contribution in [1.82, 2.24) is 0 Å². The van der Waals surface area contributed by atoms with Gasteiger partial charge in [0.25, 0.3) is 0 Å². The Morgan fingerprint density at radius 2 is 2.23 bits per heavy atom. The van der Waals surface area contributed by atoms with Crippen LogP contribution in [-0.2, 0) is 0 Å². The number of hydrogen-bond donors (Lipinski definition) is 2. The van der Waals surface area contributed by atoms with E-state index in [-0.39, 0.29) is 5.82 Å². The zero-order valence-corrected chi connectivity index (χ0v) is 7.84. The molecule has 1 atom stereocenters. The van der Waals surface area contributed by atoms with E-state index in [1.807, 2.05) is 6.92 Å². The first kappa shape index (κ1) is 9.99. The van der Waals surface area contributed by atoms with Gasteiger partial charge in [0.1, 0.15) is 5.82 Å². The molecule has 13 heavy (non-hydrogen) atoms. The molecule has 2 nitrogen and oxygen atoms in total. The molecule has 0 unspecified atom stereocenters. The van der Waals surface area contributed by atoms with Crippen molar-refractivity contribution in [2.75, 3.05) is 11.9 Å². The maximum absolute atomic E-state index is 13.1. The van der Waals surface area contributed by atoms with E-state index in [9.17, 15) is 4.39 Å². The van der Waals surface area contributed by atoms with Crippen molar-refractivity contribution >= 4 is 5.69 Å². The van der Waals surface area contributed by atoms with E-state index in [2.05, 4.69) is 5.32 Å². The van der Waals surface area contributed by atoms with E-state index >= 15 is 0 Å². The Morgan fingerprint density at radius 3 is 2.85 bits per heavy atom. The maximum Gasteiger partial charge on any atom is 0.146 e. The minimum Gasteiger partial charge on any atom is -0.392 e. The Labute approximate surface area is 77.4 Å². The van der Waals surface area contributed by atoms with E-state index in [1.165, 1.54) is 6.07 Å². The summed E-state index contributed by atoms with van der Waals surface area (Å²) in [6, 6.07) is 4.85. The minimum atomic E-state index is -0.472. The smallest absolute Gasteiger partial charge is 0.146 e. The predicted octanol–water partition coefficient (Wildman–Crippen LogP) is 1.93. The average molecular weight is 183 g/mol. The zero-order chi connectivity index (χ0) is 9.84. The third-order valence-electron chi connectivity index (χ3n) is 1.71. The largest absolute Gasteiger partial charge is 0.392 e. The normalized spacial score (nSPS) is 12.6. The van der Waals surface area contributed by atoms with E-state index < -0.39 is 6.10 Å². The maximum atomic E-state index is 13.1. The lowest BCUT2D eigenvalue weighted by atomic mass is 10.2. The van der Waals surface area contributed by atoms with Crippen LogP contribution < -0.4 is 5.32 Å². The molecule has 0 saturated heterocycles. The van der Waals surface area contributed by atoms with Gasteiger partial charge in [0.05, 0.1) is 11.8 Å². The van der Waals surface area contributed by atoms with Crippen LogP contribution in [0.3, 0.4) is 0 Å². The molecule has 0 radical (unpaired) electrons. The van der Waals surface area contributed by atoms with Crippen molar-refractivity contribution in [3.8, 4) is 0 Å². The lowest BCUT2D eigenvalue weighted by molar-refractivity contribution is 0.208. The van der Waals surface area contributed by atoms with Gasteiger partial charge in [-0.3, -0.25) is 0 Å². The summed E-state index contributed by atoms with van der Waals surface area (Å²) in [4.78, 5) is 0. The van der Waals surface area contributed by atoms with Crippen LogP contribution in [0.15, 0.2) is 18.2 Å². The molecule has 0 aromatic heterocycles. The van der Waals surface area contributed by atoms with Gasteiger partial charge in [0, 0.05) is 6.54 Å². The highest BCUT2D eigenvalue weighted by Gasteiger charge is 2.02. The summed E-state index contributed by atoms with van der Waals surface area (Å²) >= 11 is 0. The Bertz CT molecular complexity index is 286. The second-order valence-electron chi connectivity index (χ2n) is 3.21. The summed E-state index contributed by atoms with van der Waals surface area (Å²) in [6.45, 7) is 3.91. The molecule has 1 aromatic rings. The number of benzene rings is 1. The third-order valence-corrected chi connectivity index (χ3v) is 1.71. The Kier molecular flexibility index (Phi) is 3.25. The van der Waals surface area contributed by atoms with E-state index in [0.29, 0.717) is 12.2 Å². The van der Waals surface area contributed by atoms with Crippen molar-refractivity contribution in [2.45, 2.75) is 20.0 Å². The number of hydrogen-bond acceptors (Lipinski definition) is 2. The van der Waals surface area contributed by atoms with Gasteiger partial charge in [-0.2, -0.15) is 0 Å². The molecule has 0 fully saturated rings. The highest BCUT2D eigenvalue weighted by atomic mass is 19.1. The summed E-state index contributed by atoms with van der Waals surface area (Å²) in [6.07, 6.45) is -0.472. The molecule has 0 heterocycles. The second kappa shape index (κ2) is 4.23. The molecule has 0 aliphatic carbocycles. The lowest BCUT2D eigenvalue weighted by Crippen LogP contribution is -2.16. The van der Waals surface area contributed by atoms with Gasteiger partial charge in [-0.15, -0.1) is 0 Å². The molecular formula is C10H14FNO. The molecule has 2 N–H and O–H groups in total. The van der Waals surface area contributed by atoms with E-state index in [0.717, 1.165) is 5.56 Å². The number of aliphatic hydroxyl groups excluding tert-OH is 1. The van der Waals surface area contributed by atoms with Gasteiger partial charge in [-0.1, -0.05) is 6.07 Å². The zero-order valence-electron chi connectivity index (χ0n) is 7.84. The fourth-order valence-corrected chi connectivity index (χ4v) is 1.03. The van der Waals surface area contributed by atoms with Crippen molar-refractivity contribution in [1.29, 1.82) is 0 Å². The molecule has 0 aliphatic rings. The van der Waals surface area contributed by atoms with Crippen LogP contribution in [0.4, 0.5) is 10.1 Å². The molecule has 1 aromatic carbocycles. The van der Waals surface area contributed by atoms with Gasteiger partial charge >= 0.3 is 0 Å². The fourth-order valence-electron chi connectivity index (χ4n) is 1.03. The first-order chi connectivity index (χ1) is 6.09. The number of nitrogens with one attached hydrogen (secondary N) is 1. The number of aryl methyl sites for hydroxylation is 1. The van der Waals surface area contributed by atoms with Crippen LogP contribution >= 0.6 is 0 Å². The molecule has 0 bridgehead atoms. The van der Waals surface area contributed by atoms with Crippen LogP contribution in [0, 0.1) is 12.7 Å². The molecule has 0 aliphatic heterocycles. The first-order valence-electron chi connectivity index (χ1n) is 4.27. The molecular weight excluding hydrogens is 169 g/mol. The van der Waals surface area contributed by atoms with Crippen LogP contribution in [-0.4, -0.2) is 17.8 Å². The number of halogens is 1. The van der Waals surface area contributed by atoms with Gasteiger partial charge in [0.2, 0.25) is 0 Å². The standard InChI is InChI=1S/C10H14FNO/c1-7-3-4-9(11)10(5-7)12-6-8(2)13/h3-5,8,12-13H,6H2,1-2H3/t8-/m0/s1. The topological polar surface area (TPSA) is 32.3 Å². The van der Waals surface area contributed by atoms with Crippen molar-refractivity contribution in [3.05, 3.63) is 29.6 Å². The van der Waals surface area contributed by atoms with Crippen molar-refractivity contribution in [2.24, 2.45) is 0 Å². The molecule has 0 saturated carbocycles. The van der Waals surface area contributed by atoms with Gasteiger partial charge in [0.15, 0.2) is 0 Å². The van der Waals surface area contributed by atoms with E-state index in [4.69, 9.17) is 5.11 Å². The third kappa shape index (κ3) is 3.03. The van der Waals surface area contributed by atoms with Crippen LogP contribution in [0.1, 0.15) is 12.5 Å². The highest BCUT2D eigenvalue weighted by Crippen LogP contribution is 2.15. The van der Waals surface area contributed by atoms with Crippen molar-refractivity contribution < 1.29 is 9.50 Å². The van der Waals surface area contributed by atoms with E-state index in [1.54, 1.807) is 19.1 Å². The SMILES string of the molecule is Cc1ccc(F)c(NC[C@H](C)O)c1. The monoisotopic (exact) mass is 183 g/mol. The summed E-state index contributed by atoms with van der Waals surface area (Å²) in [5.74, 6) is -0.286. The predicted molar refractivity (Wildman–Crippen MR) is 51.3 cm³/mol. The second-order valence-corrected chi connectivity index (χ2v) is 3.21. The van der Waals surface area contributed by atoms with Gasteiger partial charge < -0.3 is 10.4 Å². The molecule has 3 heteroatoms. The lowest BCUT2D eigenvalue weighted by Gasteiger charge is -2.09. The van der Waals surface area contributed by atoms with Crippen LogP contribution in [0.2, 0.25) is 0 Å². The quantitative estimate of drug-likeness (QED) is 0.750. The Hall–Kier alpha value is -1.09. The molecule has 72 valence electrons. The number of anilines is 1. The molecule has 0 spiro atoms. The van der Waals surface area contributed by atoms with Crippen LogP contribution in [0.25, 0.3) is 0 Å². The first-order valence-corrected chi connectivity index (χ1v) is 4.27. The highest BCUT2D eigenvalue weighted by molar-refractivity contribution is 5.47. The summed E-state index contributed by atoms with van der Waals surface area (Å²) in [5, 5.41) is 11.8. The number of rotatable bonds is 3. The Morgan fingerprint density at radius 1 is 1.54 bits per heavy atom. The van der Waals surface area contributed by atoms with Crippen LogP contribution in [0.5, 0.6) is 0 Å². The molecule has 1 rings (SSSR count). The van der Waals surface area contributed by atoms with Gasteiger partial charge in [-0.25, -0.2) is 4.39 Å². The summed E-state index contributed by atoms with van der Waals surface area (Å²) in [7, 11) is 0. The number of aliphatic hydroxyl groups is 1. The average Bonchev–Trinajstić information content (AvgIpc) is 2.06. The summed E-state index contributed by atoms with van der Waals surface area (Å²) in [5.41, 5.74) is 1.44. The molecule has 0 amide bonds.